The molecule has 1 aliphatic heterocycles. The van der Waals surface area contributed by atoms with Crippen molar-refractivity contribution in [1.82, 2.24) is 5.32 Å². The van der Waals surface area contributed by atoms with Crippen LogP contribution in [0, 0.1) is 0 Å². The number of nitrogens with one attached hydrogen (secondary N) is 1. The Balaban J connectivity index is 0.00000220. The van der Waals surface area contributed by atoms with Crippen molar-refractivity contribution in [2.45, 2.75) is 29.8 Å². The number of piperidine rings is 1. The molecule has 2 rings (SSSR count). The third kappa shape index (κ3) is 4.20. The Morgan fingerprint density at radius 1 is 1.33 bits per heavy atom. The fraction of sp³-hybridized carbons (Fsp3) is 0.571. The second-order valence-electron chi connectivity index (χ2n) is 4.84. The van der Waals surface area contributed by atoms with Crippen LogP contribution in [-0.4, -0.2) is 26.5 Å². The van der Waals surface area contributed by atoms with E-state index in [2.05, 4.69) is 5.32 Å². The summed E-state index contributed by atoms with van der Waals surface area (Å²) >= 11 is 1.12. The number of hydrogen-bond donors (Lipinski definition) is 1. The summed E-state index contributed by atoms with van der Waals surface area (Å²) in [4.78, 5) is 0.263. The summed E-state index contributed by atoms with van der Waals surface area (Å²) in [5.74, 6) is 0.552. The summed E-state index contributed by atoms with van der Waals surface area (Å²) in [6, 6.07) is 2.78. The number of methoxy groups -OCH3 is 1. The molecule has 0 radical (unpaired) electrons. The van der Waals surface area contributed by atoms with E-state index in [0.29, 0.717) is 5.75 Å². The average Bonchev–Trinajstić information content (AvgIpc) is 2.45. The minimum atomic E-state index is -4.35. The molecule has 0 amide bonds. The standard InChI is InChI=1S/C14H18F3NOS.ClH/c1-19-12-7-11(14(15,16)17)13(20-2)6-10(12)9-4-3-5-18-8-9;/h6-7,9,18H,3-5,8H2,1-2H3;1H/t9-;/m1./s1. The van der Waals surface area contributed by atoms with Crippen molar-refractivity contribution in [3.63, 3.8) is 0 Å². The molecule has 7 heteroatoms. The van der Waals surface area contributed by atoms with Crippen LogP contribution in [0.5, 0.6) is 5.75 Å². The van der Waals surface area contributed by atoms with Gasteiger partial charge in [-0.1, -0.05) is 0 Å². The largest absolute Gasteiger partial charge is 0.496 e. The maximum atomic E-state index is 13.0. The quantitative estimate of drug-likeness (QED) is 0.827. The van der Waals surface area contributed by atoms with Crippen LogP contribution in [0.1, 0.15) is 29.9 Å². The highest BCUT2D eigenvalue weighted by Crippen LogP contribution is 2.42. The Labute approximate surface area is 133 Å². The number of halogens is 4. The highest BCUT2D eigenvalue weighted by Gasteiger charge is 2.35. The first-order valence-electron chi connectivity index (χ1n) is 6.51. The lowest BCUT2D eigenvalue weighted by Gasteiger charge is -2.26. The highest BCUT2D eigenvalue weighted by atomic mass is 35.5. The lowest BCUT2D eigenvalue weighted by atomic mass is 9.90. The normalized spacial score (nSPS) is 19.0. The fourth-order valence-corrected chi connectivity index (χ4v) is 3.22. The van der Waals surface area contributed by atoms with Gasteiger partial charge in [0, 0.05) is 17.4 Å². The summed E-state index contributed by atoms with van der Waals surface area (Å²) in [6.45, 7) is 1.75. The van der Waals surface area contributed by atoms with Crippen LogP contribution in [0.2, 0.25) is 0 Å². The molecule has 21 heavy (non-hydrogen) atoms. The molecule has 1 saturated heterocycles. The molecular weight excluding hydrogens is 323 g/mol. The molecule has 0 saturated carbocycles. The Morgan fingerprint density at radius 2 is 2.05 bits per heavy atom. The molecule has 120 valence electrons. The molecule has 1 atom stereocenters. The molecule has 2 nitrogen and oxygen atoms in total. The van der Waals surface area contributed by atoms with E-state index in [1.807, 2.05) is 0 Å². The van der Waals surface area contributed by atoms with Gasteiger partial charge >= 0.3 is 6.18 Å². The van der Waals surface area contributed by atoms with Gasteiger partial charge in [0.25, 0.3) is 0 Å². The molecule has 0 aromatic heterocycles. The van der Waals surface area contributed by atoms with Crippen molar-refractivity contribution in [1.29, 1.82) is 0 Å². The Hall–Kier alpha value is -0.590. The topological polar surface area (TPSA) is 21.3 Å². The van der Waals surface area contributed by atoms with Crippen molar-refractivity contribution in [3.8, 4) is 5.75 Å². The van der Waals surface area contributed by atoms with E-state index in [9.17, 15) is 13.2 Å². The zero-order chi connectivity index (χ0) is 14.8. The number of rotatable bonds is 3. The van der Waals surface area contributed by atoms with Gasteiger partial charge < -0.3 is 10.1 Å². The van der Waals surface area contributed by atoms with Crippen molar-refractivity contribution in [3.05, 3.63) is 23.3 Å². The van der Waals surface area contributed by atoms with Crippen LogP contribution in [0.4, 0.5) is 13.2 Å². The van der Waals surface area contributed by atoms with E-state index in [0.717, 1.165) is 49.3 Å². The lowest BCUT2D eigenvalue weighted by Crippen LogP contribution is -2.28. The Kier molecular flexibility index (Phi) is 6.69. The van der Waals surface area contributed by atoms with E-state index in [-0.39, 0.29) is 23.2 Å². The second kappa shape index (κ2) is 7.61. The van der Waals surface area contributed by atoms with Crippen LogP contribution in [0.15, 0.2) is 17.0 Å². The highest BCUT2D eigenvalue weighted by molar-refractivity contribution is 7.98. The van der Waals surface area contributed by atoms with Gasteiger partial charge in [-0.25, -0.2) is 0 Å². The van der Waals surface area contributed by atoms with E-state index >= 15 is 0 Å². The van der Waals surface area contributed by atoms with Gasteiger partial charge in [-0.3, -0.25) is 0 Å². The molecule has 1 aromatic rings. The first-order valence-corrected chi connectivity index (χ1v) is 7.73. The molecule has 0 bridgehead atoms. The number of ether oxygens (including phenoxy) is 1. The predicted molar refractivity (Wildman–Crippen MR) is 81.9 cm³/mol. The van der Waals surface area contributed by atoms with Crippen LogP contribution in [0.25, 0.3) is 0 Å². The third-order valence-electron chi connectivity index (χ3n) is 3.59. The molecular formula is C14H19ClF3NOS. The van der Waals surface area contributed by atoms with Crippen molar-refractivity contribution < 1.29 is 17.9 Å². The van der Waals surface area contributed by atoms with Crippen LogP contribution < -0.4 is 10.1 Å². The summed E-state index contributed by atoms with van der Waals surface area (Å²) in [6.07, 6.45) is -0.680. The van der Waals surface area contributed by atoms with Crippen molar-refractivity contribution in [2.24, 2.45) is 0 Å². The van der Waals surface area contributed by atoms with E-state index in [4.69, 9.17) is 4.74 Å². The van der Waals surface area contributed by atoms with Gasteiger partial charge in [0.1, 0.15) is 5.75 Å². The number of thioether (sulfide) groups is 1. The minimum absolute atomic E-state index is 0. The van der Waals surface area contributed by atoms with Gasteiger partial charge in [-0.2, -0.15) is 13.2 Å². The molecule has 1 fully saturated rings. The van der Waals surface area contributed by atoms with E-state index in [1.165, 1.54) is 7.11 Å². The lowest BCUT2D eigenvalue weighted by molar-refractivity contribution is -0.139. The molecule has 1 N–H and O–H groups in total. The maximum Gasteiger partial charge on any atom is 0.417 e. The zero-order valence-electron chi connectivity index (χ0n) is 11.9. The van der Waals surface area contributed by atoms with Crippen LogP contribution >= 0.6 is 24.2 Å². The number of hydrogen-bond acceptors (Lipinski definition) is 3. The SMILES string of the molecule is COc1cc(C(F)(F)F)c(SC)cc1[C@@H]1CCCNC1.Cl. The van der Waals surface area contributed by atoms with E-state index < -0.39 is 11.7 Å². The van der Waals surface area contributed by atoms with Gasteiger partial charge in [0.2, 0.25) is 0 Å². The molecule has 0 spiro atoms. The zero-order valence-corrected chi connectivity index (χ0v) is 13.6. The summed E-state index contributed by atoms with van der Waals surface area (Å²) < 4.78 is 44.3. The molecule has 1 heterocycles. The first kappa shape index (κ1) is 18.5. The molecule has 0 aliphatic carbocycles. The monoisotopic (exact) mass is 341 g/mol. The molecule has 1 aromatic carbocycles. The van der Waals surface area contributed by atoms with Crippen LogP contribution in [-0.2, 0) is 6.18 Å². The second-order valence-corrected chi connectivity index (χ2v) is 5.68. The van der Waals surface area contributed by atoms with E-state index in [1.54, 1.807) is 12.3 Å². The first-order chi connectivity index (χ1) is 9.47. The minimum Gasteiger partial charge on any atom is -0.496 e. The Morgan fingerprint density at radius 3 is 2.52 bits per heavy atom. The molecule has 1 aliphatic rings. The van der Waals surface area contributed by atoms with Gasteiger partial charge in [0.15, 0.2) is 0 Å². The average molecular weight is 342 g/mol. The molecule has 0 unspecified atom stereocenters. The van der Waals surface area contributed by atoms with Gasteiger partial charge in [0.05, 0.1) is 12.7 Å². The fourth-order valence-electron chi connectivity index (χ4n) is 2.58. The summed E-state index contributed by atoms with van der Waals surface area (Å²) in [5.41, 5.74) is 0.256. The maximum absolute atomic E-state index is 13.0. The van der Waals surface area contributed by atoms with Crippen molar-refractivity contribution >= 4 is 24.2 Å². The Bertz CT molecular complexity index is 476. The van der Waals surface area contributed by atoms with Gasteiger partial charge in [-0.05, 0) is 43.3 Å². The summed E-state index contributed by atoms with van der Waals surface area (Å²) in [5, 5.41) is 3.28. The van der Waals surface area contributed by atoms with Gasteiger partial charge in [-0.15, -0.1) is 24.2 Å². The van der Waals surface area contributed by atoms with Crippen LogP contribution in [0.3, 0.4) is 0 Å². The smallest absolute Gasteiger partial charge is 0.417 e. The predicted octanol–water partition coefficient (Wildman–Crippen LogP) is 4.32. The summed E-state index contributed by atoms with van der Waals surface area (Å²) in [7, 11) is 1.42. The number of alkyl halides is 3. The van der Waals surface area contributed by atoms with Crippen molar-refractivity contribution in [2.75, 3.05) is 26.5 Å². The third-order valence-corrected chi connectivity index (χ3v) is 4.37. The number of benzene rings is 1.